The summed E-state index contributed by atoms with van der Waals surface area (Å²) < 4.78 is 6.73. The number of thiazole rings is 1. The van der Waals surface area contributed by atoms with Crippen LogP contribution in [0.25, 0.3) is 10.2 Å². The van der Waals surface area contributed by atoms with Gasteiger partial charge in [0.1, 0.15) is 5.75 Å². The number of para-hydroxylation sites is 1. The fraction of sp³-hybridized carbons (Fsp3) is 0.300. The third kappa shape index (κ3) is 4.57. The molecule has 0 aliphatic heterocycles. The zero-order valence-corrected chi connectivity index (χ0v) is 15.5. The summed E-state index contributed by atoms with van der Waals surface area (Å²) in [6.45, 7) is 6.87. The van der Waals surface area contributed by atoms with Crippen molar-refractivity contribution in [1.82, 2.24) is 4.98 Å². The van der Waals surface area contributed by atoms with E-state index in [2.05, 4.69) is 43.2 Å². The molecule has 25 heavy (non-hydrogen) atoms. The molecule has 130 valence electrons. The van der Waals surface area contributed by atoms with Crippen molar-refractivity contribution in [3.63, 3.8) is 0 Å². The van der Waals surface area contributed by atoms with Crippen LogP contribution in [0.4, 0.5) is 5.13 Å². The van der Waals surface area contributed by atoms with Gasteiger partial charge >= 0.3 is 0 Å². The number of benzene rings is 2. The maximum atomic E-state index is 12.0. The summed E-state index contributed by atoms with van der Waals surface area (Å²) in [5.74, 6) is 0.686. The number of carbonyl (C=O) groups excluding carboxylic acids is 1. The lowest BCUT2D eigenvalue weighted by atomic mass is 9.87. The number of amides is 1. The molecule has 5 heteroatoms. The molecular formula is C20H22N2O2S. The molecule has 0 atom stereocenters. The average Bonchev–Trinajstić information content (AvgIpc) is 2.96. The zero-order chi connectivity index (χ0) is 17.9. The molecule has 0 unspecified atom stereocenters. The first-order valence-electron chi connectivity index (χ1n) is 8.30. The van der Waals surface area contributed by atoms with Crippen LogP contribution < -0.4 is 10.1 Å². The highest BCUT2D eigenvalue weighted by Gasteiger charge is 2.13. The summed E-state index contributed by atoms with van der Waals surface area (Å²) in [6.07, 6.45) is 0.289. The van der Waals surface area contributed by atoms with E-state index in [-0.39, 0.29) is 17.7 Å². The molecule has 0 radical (unpaired) electrons. The van der Waals surface area contributed by atoms with E-state index in [1.54, 1.807) is 0 Å². The number of aromatic nitrogens is 1. The standard InChI is InChI=1S/C20H22N2O2S/c1-20(2,3)14-8-10-15(11-9-14)24-13-12-18(23)22-19-21-16-6-4-5-7-17(16)25-19/h4-11H,12-13H2,1-3H3,(H,21,22,23). The molecular weight excluding hydrogens is 332 g/mol. The number of ether oxygens (including phenoxy) is 1. The SMILES string of the molecule is CC(C)(C)c1ccc(OCCC(=O)Nc2nc3ccccc3s2)cc1. The van der Waals surface area contributed by atoms with Gasteiger partial charge in [0.15, 0.2) is 5.13 Å². The lowest BCUT2D eigenvalue weighted by Gasteiger charge is -2.19. The highest BCUT2D eigenvalue weighted by molar-refractivity contribution is 7.22. The molecule has 0 saturated carbocycles. The molecule has 3 aromatic rings. The second-order valence-electron chi connectivity index (χ2n) is 6.91. The molecule has 0 spiro atoms. The van der Waals surface area contributed by atoms with Crippen molar-refractivity contribution < 1.29 is 9.53 Å². The molecule has 0 aliphatic carbocycles. The lowest BCUT2D eigenvalue weighted by molar-refractivity contribution is -0.116. The van der Waals surface area contributed by atoms with Gasteiger partial charge < -0.3 is 10.1 Å². The number of hydrogen-bond acceptors (Lipinski definition) is 4. The normalized spacial score (nSPS) is 11.5. The fourth-order valence-corrected chi connectivity index (χ4v) is 3.30. The Hall–Kier alpha value is -2.40. The highest BCUT2D eigenvalue weighted by atomic mass is 32.1. The van der Waals surface area contributed by atoms with Gasteiger partial charge in [-0.15, -0.1) is 0 Å². The number of rotatable bonds is 5. The van der Waals surface area contributed by atoms with Crippen LogP contribution in [0.3, 0.4) is 0 Å². The summed E-state index contributed by atoms with van der Waals surface area (Å²) >= 11 is 1.48. The Morgan fingerprint density at radius 3 is 2.52 bits per heavy atom. The molecule has 1 heterocycles. The summed E-state index contributed by atoms with van der Waals surface area (Å²) in [5, 5.41) is 3.46. The Balaban J connectivity index is 1.49. The number of hydrogen-bond donors (Lipinski definition) is 1. The average molecular weight is 354 g/mol. The van der Waals surface area contributed by atoms with Crippen molar-refractivity contribution in [3.05, 3.63) is 54.1 Å². The molecule has 0 fully saturated rings. The van der Waals surface area contributed by atoms with E-state index in [9.17, 15) is 4.79 Å². The minimum atomic E-state index is -0.0923. The van der Waals surface area contributed by atoms with Gasteiger partial charge in [0.2, 0.25) is 5.91 Å². The summed E-state index contributed by atoms with van der Waals surface area (Å²) in [5.41, 5.74) is 2.28. The van der Waals surface area contributed by atoms with Crippen LogP contribution >= 0.6 is 11.3 Å². The second kappa shape index (κ2) is 7.23. The summed E-state index contributed by atoms with van der Waals surface area (Å²) in [4.78, 5) is 16.4. The van der Waals surface area contributed by atoms with Gasteiger partial charge in [-0.2, -0.15) is 0 Å². The third-order valence-corrected chi connectivity index (χ3v) is 4.81. The van der Waals surface area contributed by atoms with Gasteiger partial charge in [-0.25, -0.2) is 4.98 Å². The Labute approximate surface area is 151 Å². The first-order chi connectivity index (χ1) is 11.9. The van der Waals surface area contributed by atoms with E-state index < -0.39 is 0 Å². The predicted molar refractivity (Wildman–Crippen MR) is 104 cm³/mol. The van der Waals surface area contributed by atoms with Crippen molar-refractivity contribution in [2.24, 2.45) is 0 Å². The molecule has 2 aromatic carbocycles. The van der Waals surface area contributed by atoms with E-state index in [0.29, 0.717) is 11.7 Å². The van der Waals surface area contributed by atoms with Crippen LogP contribution in [0.1, 0.15) is 32.8 Å². The van der Waals surface area contributed by atoms with E-state index in [1.807, 2.05) is 36.4 Å². The zero-order valence-electron chi connectivity index (χ0n) is 14.7. The quantitative estimate of drug-likeness (QED) is 0.701. The van der Waals surface area contributed by atoms with E-state index in [4.69, 9.17) is 4.74 Å². The Morgan fingerprint density at radius 2 is 1.84 bits per heavy atom. The molecule has 0 saturated heterocycles. The Kier molecular flexibility index (Phi) is 5.04. The van der Waals surface area contributed by atoms with Crippen LogP contribution in [0.15, 0.2) is 48.5 Å². The lowest BCUT2D eigenvalue weighted by Crippen LogP contribution is -2.15. The molecule has 0 aliphatic rings. The van der Waals surface area contributed by atoms with Gasteiger partial charge in [-0.1, -0.05) is 56.4 Å². The minimum Gasteiger partial charge on any atom is -0.493 e. The Bertz CT molecular complexity index is 830. The van der Waals surface area contributed by atoms with Crippen LogP contribution in [0, 0.1) is 0 Å². The molecule has 3 rings (SSSR count). The first kappa shape index (κ1) is 17.4. The number of nitrogens with one attached hydrogen (secondary N) is 1. The number of anilines is 1. The van der Waals surface area contributed by atoms with Gasteiger partial charge in [0, 0.05) is 0 Å². The maximum Gasteiger partial charge on any atom is 0.229 e. The molecule has 4 nitrogen and oxygen atoms in total. The molecule has 1 N–H and O–H groups in total. The predicted octanol–water partition coefficient (Wildman–Crippen LogP) is 5.00. The number of fused-ring (bicyclic) bond motifs is 1. The number of nitrogens with zero attached hydrogens (tertiary/aromatic N) is 1. The van der Waals surface area contributed by atoms with Crippen molar-refractivity contribution in [1.29, 1.82) is 0 Å². The maximum absolute atomic E-state index is 12.0. The van der Waals surface area contributed by atoms with Gasteiger partial charge in [0.25, 0.3) is 0 Å². The van der Waals surface area contributed by atoms with Gasteiger partial charge in [-0.3, -0.25) is 4.79 Å². The second-order valence-corrected chi connectivity index (χ2v) is 7.94. The van der Waals surface area contributed by atoms with Crippen LogP contribution in [-0.2, 0) is 10.2 Å². The van der Waals surface area contributed by atoms with Crippen LogP contribution in [0.5, 0.6) is 5.75 Å². The van der Waals surface area contributed by atoms with Crippen molar-refractivity contribution in [2.45, 2.75) is 32.6 Å². The molecule has 0 bridgehead atoms. The highest BCUT2D eigenvalue weighted by Crippen LogP contribution is 2.26. The van der Waals surface area contributed by atoms with Crippen molar-refractivity contribution in [3.8, 4) is 5.75 Å². The van der Waals surface area contributed by atoms with Crippen LogP contribution in [0.2, 0.25) is 0 Å². The molecule has 1 amide bonds. The van der Waals surface area contributed by atoms with E-state index >= 15 is 0 Å². The largest absolute Gasteiger partial charge is 0.493 e. The monoisotopic (exact) mass is 354 g/mol. The summed E-state index contributed by atoms with van der Waals surface area (Å²) in [6, 6.07) is 15.9. The van der Waals surface area contributed by atoms with Gasteiger partial charge in [-0.05, 0) is 35.2 Å². The minimum absolute atomic E-state index is 0.0923. The van der Waals surface area contributed by atoms with E-state index in [1.165, 1.54) is 16.9 Å². The third-order valence-electron chi connectivity index (χ3n) is 3.86. The van der Waals surface area contributed by atoms with Gasteiger partial charge in [0.05, 0.1) is 23.2 Å². The van der Waals surface area contributed by atoms with Crippen molar-refractivity contribution >= 4 is 32.6 Å². The number of carbonyl (C=O) groups is 1. The topological polar surface area (TPSA) is 51.2 Å². The first-order valence-corrected chi connectivity index (χ1v) is 9.12. The van der Waals surface area contributed by atoms with E-state index in [0.717, 1.165) is 16.0 Å². The fourth-order valence-electron chi connectivity index (χ4n) is 2.42. The Morgan fingerprint density at radius 1 is 1.12 bits per heavy atom. The van der Waals surface area contributed by atoms with Crippen LogP contribution in [-0.4, -0.2) is 17.5 Å². The summed E-state index contributed by atoms with van der Waals surface area (Å²) in [7, 11) is 0. The van der Waals surface area contributed by atoms with Crippen molar-refractivity contribution in [2.75, 3.05) is 11.9 Å². The smallest absolute Gasteiger partial charge is 0.229 e. The molecule has 1 aromatic heterocycles.